The molecule has 0 heterocycles. The van der Waals surface area contributed by atoms with Gasteiger partial charge in [0.15, 0.2) is 0 Å². The van der Waals surface area contributed by atoms with Gasteiger partial charge in [-0.2, -0.15) is 0 Å². The van der Waals surface area contributed by atoms with Gasteiger partial charge in [-0.25, -0.2) is 8.42 Å². The molecule has 6 heteroatoms. The van der Waals surface area contributed by atoms with Crippen molar-refractivity contribution >= 4 is 25.7 Å². The van der Waals surface area contributed by atoms with Crippen LogP contribution in [0.2, 0.25) is 0 Å². The van der Waals surface area contributed by atoms with Crippen molar-refractivity contribution in [2.45, 2.75) is 25.5 Å². The number of rotatable bonds is 4. The Hall–Kier alpha value is -0.290. The summed E-state index contributed by atoms with van der Waals surface area (Å²) in [4.78, 5) is 10.8. The molecule has 1 atom stereocenters. The molecule has 0 saturated carbocycles. The maximum absolute atomic E-state index is 10.8. The smallest absolute Gasteiger partial charge is 0.307 e. The third-order valence-electron chi connectivity index (χ3n) is 1.24. The van der Waals surface area contributed by atoms with Gasteiger partial charge >= 0.3 is 5.97 Å². The summed E-state index contributed by atoms with van der Waals surface area (Å²) in [7, 11) is 1.35. The molecular weight excluding hydrogens is 204 g/mol. The molecule has 0 aliphatic rings. The minimum absolute atomic E-state index is 0.195. The Kier molecular flexibility index (Phi) is 4.55. The molecule has 0 fully saturated rings. The van der Waals surface area contributed by atoms with Crippen molar-refractivity contribution in [1.29, 1.82) is 0 Å². The van der Waals surface area contributed by atoms with Crippen LogP contribution in [0.4, 0.5) is 0 Å². The van der Waals surface area contributed by atoms with Crippen molar-refractivity contribution in [3.63, 3.8) is 0 Å². The van der Waals surface area contributed by atoms with E-state index in [1.807, 2.05) is 0 Å². The minimum atomic E-state index is -3.64. The monoisotopic (exact) mass is 214 g/mol. The van der Waals surface area contributed by atoms with E-state index < -0.39 is 20.3 Å². The quantitative estimate of drug-likeness (QED) is 0.515. The fourth-order valence-electron chi connectivity index (χ4n) is 0.554. The molecule has 72 valence electrons. The lowest BCUT2D eigenvalue weighted by Crippen LogP contribution is -2.18. The molecule has 0 bridgehead atoms. The Bertz CT molecular complexity index is 246. The number of hydrogen-bond donors (Lipinski definition) is 0. The molecule has 0 aliphatic heterocycles. The molecule has 0 rings (SSSR count). The van der Waals surface area contributed by atoms with Crippen molar-refractivity contribution in [3.05, 3.63) is 0 Å². The zero-order valence-electron chi connectivity index (χ0n) is 6.91. The van der Waals surface area contributed by atoms with Crippen LogP contribution in [0.15, 0.2) is 0 Å². The number of carbonyl (C=O) groups excluding carboxylic acids is 1. The Morgan fingerprint density at radius 1 is 1.58 bits per heavy atom. The van der Waals surface area contributed by atoms with Gasteiger partial charge < -0.3 is 4.74 Å². The second kappa shape index (κ2) is 4.67. The van der Waals surface area contributed by atoms with E-state index in [2.05, 4.69) is 4.74 Å². The van der Waals surface area contributed by atoms with Gasteiger partial charge in [0.2, 0.25) is 9.05 Å². The Morgan fingerprint density at radius 2 is 2.08 bits per heavy atom. The number of hydrogen-bond acceptors (Lipinski definition) is 4. The molecule has 0 aliphatic carbocycles. The fourth-order valence-corrected chi connectivity index (χ4v) is 1.08. The first kappa shape index (κ1) is 11.7. The summed E-state index contributed by atoms with van der Waals surface area (Å²) in [5, 5.41) is -0.891. The van der Waals surface area contributed by atoms with Crippen molar-refractivity contribution in [3.8, 4) is 0 Å². The average molecular weight is 215 g/mol. The van der Waals surface area contributed by atoms with E-state index in [-0.39, 0.29) is 13.0 Å². The number of ether oxygens (including phenoxy) is 1. The van der Waals surface area contributed by atoms with Crippen LogP contribution in [0.5, 0.6) is 0 Å². The minimum Gasteiger partial charge on any atom is -0.466 e. The van der Waals surface area contributed by atoms with Gasteiger partial charge in [-0.05, 0) is 13.8 Å². The van der Waals surface area contributed by atoms with E-state index in [1.54, 1.807) is 6.92 Å². The summed E-state index contributed by atoms with van der Waals surface area (Å²) in [6.07, 6.45) is -0.195. The van der Waals surface area contributed by atoms with Crippen molar-refractivity contribution in [2.24, 2.45) is 0 Å². The topological polar surface area (TPSA) is 60.4 Å². The predicted molar refractivity (Wildman–Crippen MR) is 45.5 cm³/mol. The number of esters is 1. The van der Waals surface area contributed by atoms with Gasteiger partial charge in [-0.1, -0.05) is 0 Å². The maximum Gasteiger partial charge on any atom is 0.307 e. The number of halogens is 1. The van der Waals surface area contributed by atoms with Crippen LogP contribution < -0.4 is 0 Å². The molecule has 0 spiro atoms. The van der Waals surface area contributed by atoms with E-state index in [9.17, 15) is 13.2 Å². The Labute approximate surface area is 76.3 Å². The van der Waals surface area contributed by atoms with Gasteiger partial charge in [-0.3, -0.25) is 4.79 Å². The van der Waals surface area contributed by atoms with Gasteiger partial charge in [-0.15, -0.1) is 0 Å². The average Bonchev–Trinajstić information content (AvgIpc) is 1.85. The predicted octanol–water partition coefficient (Wildman–Crippen LogP) is 0.897. The lowest BCUT2D eigenvalue weighted by molar-refractivity contribution is -0.143. The van der Waals surface area contributed by atoms with Crippen molar-refractivity contribution in [1.82, 2.24) is 0 Å². The van der Waals surface area contributed by atoms with Crippen LogP contribution in [-0.4, -0.2) is 26.2 Å². The molecule has 0 aromatic rings. The zero-order chi connectivity index (χ0) is 9.78. The third kappa shape index (κ3) is 4.56. The highest BCUT2D eigenvalue weighted by Crippen LogP contribution is 2.10. The van der Waals surface area contributed by atoms with Gasteiger partial charge in [0.1, 0.15) is 0 Å². The highest BCUT2D eigenvalue weighted by Gasteiger charge is 2.21. The summed E-state index contributed by atoms with van der Waals surface area (Å²) in [6, 6.07) is 0. The van der Waals surface area contributed by atoms with E-state index in [4.69, 9.17) is 10.7 Å². The highest BCUT2D eigenvalue weighted by atomic mass is 35.7. The molecule has 12 heavy (non-hydrogen) atoms. The molecule has 0 amide bonds. The van der Waals surface area contributed by atoms with Crippen molar-refractivity contribution < 1.29 is 17.9 Å². The van der Waals surface area contributed by atoms with E-state index in [0.717, 1.165) is 0 Å². The molecule has 0 aromatic carbocycles. The Balaban J connectivity index is 4.02. The summed E-state index contributed by atoms with van der Waals surface area (Å²) < 4.78 is 25.8. The molecule has 0 aromatic heterocycles. The second-order valence-corrected chi connectivity index (χ2v) is 5.34. The first-order chi connectivity index (χ1) is 5.38. The zero-order valence-corrected chi connectivity index (χ0v) is 8.48. The SMILES string of the molecule is CCOC(=O)C[C@@H](C)S(=O)(=O)Cl. The molecule has 0 N–H and O–H groups in total. The summed E-state index contributed by atoms with van der Waals surface area (Å²) in [6.45, 7) is 3.25. The molecular formula is C6H11ClO4S. The maximum atomic E-state index is 10.8. The summed E-state index contributed by atoms with van der Waals surface area (Å²) >= 11 is 0. The molecule has 0 radical (unpaired) electrons. The first-order valence-corrected chi connectivity index (χ1v) is 5.84. The summed E-state index contributed by atoms with van der Waals surface area (Å²) in [5.74, 6) is -0.547. The molecule has 0 unspecified atom stereocenters. The Morgan fingerprint density at radius 3 is 2.42 bits per heavy atom. The first-order valence-electron chi connectivity index (χ1n) is 3.47. The standard InChI is InChI=1S/C6H11ClO4S/c1-3-11-6(8)4-5(2)12(7,9)10/h5H,3-4H2,1-2H3/t5-/m1/s1. The highest BCUT2D eigenvalue weighted by molar-refractivity contribution is 8.14. The van der Waals surface area contributed by atoms with Gasteiger partial charge in [0, 0.05) is 10.7 Å². The van der Waals surface area contributed by atoms with E-state index in [1.165, 1.54) is 6.92 Å². The van der Waals surface area contributed by atoms with Crippen LogP contribution in [0.25, 0.3) is 0 Å². The van der Waals surface area contributed by atoms with Crippen molar-refractivity contribution in [2.75, 3.05) is 6.61 Å². The van der Waals surface area contributed by atoms with Crippen LogP contribution in [-0.2, 0) is 18.6 Å². The summed E-state index contributed by atoms with van der Waals surface area (Å²) in [5.41, 5.74) is 0. The van der Waals surface area contributed by atoms with Crippen LogP contribution in [0, 0.1) is 0 Å². The number of carbonyl (C=O) groups is 1. The van der Waals surface area contributed by atoms with Crippen LogP contribution in [0.1, 0.15) is 20.3 Å². The van der Waals surface area contributed by atoms with Crippen LogP contribution in [0.3, 0.4) is 0 Å². The lowest BCUT2D eigenvalue weighted by atomic mass is 10.3. The fraction of sp³-hybridized carbons (Fsp3) is 0.833. The van der Waals surface area contributed by atoms with Gasteiger partial charge in [0.05, 0.1) is 18.3 Å². The third-order valence-corrected chi connectivity index (χ3v) is 3.28. The lowest BCUT2D eigenvalue weighted by Gasteiger charge is -2.05. The molecule has 4 nitrogen and oxygen atoms in total. The largest absolute Gasteiger partial charge is 0.466 e. The van der Waals surface area contributed by atoms with Crippen LogP contribution >= 0.6 is 10.7 Å². The van der Waals surface area contributed by atoms with Gasteiger partial charge in [0.25, 0.3) is 0 Å². The van der Waals surface area contributed by atoms with E-state index >= 15 is 0 Å². The normalized spacial score (nSPS) is 13.9. The second-order valence-electron chi connectivity index (χ2n) is 2.30. The molecule has 0 saturated heterocycles. The van der Waals surface area contributed by atoms with E-state index in [0.29, 0.717) is 0 Å².